The second-order valence-corrected chi connectivity index (χ2v) is 7.91. The average Bonchev–Trinajstić information content (AvgIpc) is 3.04. The Labute approximate surface area is 163 Å². The van der Waals surface area contributed by atoms with Crippen molar-refractivity contribution in [3.05, 3.63) is 65.0 Å². The number of aliphatic hydroxyl groups excluding tert-OH is 1. The summed E-state index contributed by atoms with van der Waals surface area (Å²) in [6.07, 6.45) is 1.90. The summed E-state index contributed by atoms with van der Waals surface area (Å²) in [5, 5.41) is 9.57. The Morgan fingerprint density at radius 1 is 1.26 bits per heavy atom. The first-order valence-electron chi connectivity index (χ1n) is 9.05. The van der Waals surface area contributed by atoms with E-state index in [4.69, 9.17) is 14.2 Å². The number of aliphatic hydroxyl groups is 1. The van der Waals surface area contributed by atoms with E-state index in [1.807, 2.05) is 24.3 Å². The third-order valence-corrected chi connectivity index (χ3v) is 6.12. The van der Waals surface area contributed by atoms with Crippen LogP contribution in [0, 0.1) is 5.82 Å². The number of benzene rings is 2. The van der Waals surface area contributed by atoms with Gasteiger partial charge in [-0.15, -0.1) is 0 Å². The Morgan fingerprint density at radius 3 is 2.74 bits per heavy atom. The lowest BCUT2D eigenvalue weighted by Gasteiger charge is -2.41. The number of ether oxygens (including phenoxy) is 3. The van der Waals surface area contributed by atoms with Gasteiger partial charge in [-0.2, -0.15) is 12.6 Å². The molecule has 0 saturated carbocycles. The first-order valence-corrected chi connectivity index (χ1v) is 9.57. The van der Waals surface area contributed by atoms with Crippen LogP contribution in [0.15, 0.2) is 42.5 Å². The lowest BCUT2D eigenvalue weighted by molar-refractivity contribution is -0.222. The maximum atomic E-state index is 14.5. The van der Waals surface area contributed by atoms with Crippen molar-refractivity contribution in [2.75, 3.05) is 20.3 Å². The molecule has 0 amide bonds. The van der Waals surface area contributed by atoms with Crippen LogP contribution in [0.1, 0.15) is 29.5 Å². The molecule has 144 valence electrons. The zero-order chi connectivity index (χ0) is 19.1. The maximum Gasteiger partial charge on any atom is 0.207 e. The van der Waals surface area contributed by atoms with E-state index in [1.165, 1.54) is 6.07 Å². The first kappa shape index (κ1) is 18.7. The summed E-state index contributed by atoms with van der Waals surface area (Å²) >= 11 is 4.68. The number of hydrogen-bond acceptors (Lipinski definition) is 5. The molecule has 6 heteroatoms. The van der Waals surface area contributed by atoms with Crippen LogP contribution in [0.4, 0.5) is 4.39 Å². The van der Waals surface area contributed by atoms with Gasteiger partial charge in [0.15, 0.2) is 0 Å². The Hall–Kier alpha value is -1.60. The molecule has 27 heavy (non-hydrogen) atoms. The number of fused-ring (bicyclic) bond motifs is 2. The van der Waals surface area contributed by atoms with E-state index in [0.29, 0.717) is 25.0 Å². The van der Waals surface area contributed by atoms with Crippen molar-refractivity contribution in [3.8, 4) is 5.75 Å². The Morgan fingerprint density at radius 2 is 2.04 bits per heavy atom. The molecule has 3 atom stereocenters. The molecule has 4 rings (SSSR count). The molecule has 1 N–H and O–H groups in total. The Kier molecular flexibility index (Phi) is 4.93. The number of hydrogen-bond donors (Lipinski definition) is 2. The molecule has 2 aliphatic heterocycles. The summed E-state index contributed by atoms with van der Waals surface area (Å²) in [6.45, 7) is 0.209. The van der Waals surface area contributed by atoms with Crippen molar-refractivity contribution in [3.63, 3.8) is 0 Å². The van der Waals surface area contributed by atoms with Gasteiger partial charge in [0.2, 0.25) is 5.79 Å². The molecule has 0 aliphatic carbocycles. The Balaban J connectivity index is 1.65. The molecule has 2 fully saturated rings. The minimum atomic E-state index is -1.05. The topological polar surface area (TPSA) is 47.9 Å². The van der Waals surface area contributed by atoms with E-state index in [9.17, 15) is 9.50 Å². The van der Waals surface area contributed by atoms with Crippen molar-refractivity contribution in [1.29, 1.82) is 0 Å². The van der Waals surface area contributed by atoms with Crippen LogP contribution >= 0.6 is 12.6 Å². The highest BCUT2D eigenvalue weighted by Gasteiger charge is 2.58. The van der Waals surface area contributed by atoms with Crippen molar-refractivity contribution in [2.45, 2.75) is 35.9 Å². The average molecular weight is 390 g/mol. The lowest BCUT2D eigenvalue weighted by Crippen LogP contribution is -2.48. The monoisotopic (exact) mass is 390 g/mol. The van der Waals surface area contributed by atoms with E-state index < -0.39 is 11.4 Å². The van der Waals surface area contributed by atoms with Crippen LogP contribution in [0.3, 0.4) is 0 Å². The SMILES string of the molecule is COc1ccc(Cc2cc([C@@]34OC[C@@](CO)(CC[C@@H]3S)O4)ccc2F)cc1. The predicted molar refractivity (Wildman–Crippen MR) is 103 cm³/mol. The number of rotatable bonds is 5. The van der Waals surface area contributed by atoms with Crippen molar-refractivity contribution in [1.82, 2.24) is 0 Å². The van der Waals surface area contributed by atoms with E-state index in [2.05, 4.69) is 12.6 Å². The van der Waals surface area contributed by atoms with Crippen LogP contribution in [0.2, 0.25) is 0 Å². The van der Waals surface area contributed by atoms with Crippen molar-refractivity contribution in [2.24, 2.45) is 0 Å². The molecule has 0 aromatic heterocycles. The fourth-order valence-electron chi connectivity index (χ4n) is 3.88. The molecule has 0 unspecified atom stereocenters. The highest BCUT2D eigenvalue weighted by Crippen LogP contribution is 2.51. The van der Waals surface area contributed by atoms with Gasteiger partial charge in [-0.25, -0.2) is 4.39 Å². The Bertz CT molecular complexity index is 827. The fourth-order valence-corrected chi connectivity index (χ4v) is 4.28. The van der Waals surface area contributed by atoms with Gasteiger partial charge in [-0.3, -0.25) is 0 Å². The fraction of sp³-hybridized carbons (Fsp3) is 0.429. The molecule has 4 nitrogen and oxygen atoms in total. The highest BCUT2D eigenvalue weighted by atomic mass is 32.1. The van der Waals surface area contributed by atoms with E-state index in [1.54, 1.807) is 19.2 Å². The van der Waals surface area contributed by atoms with Crippen LogP contribution in [0.5, 0.6) is 5.75 Å². The second-order valence-electron chi connectivity index (χ2n) is 7.28. The molecule has 2 aromatic carbocycles. The standard InChI is InChI=1S/C21H23FO4S/c1-24-17-5-2-14(3-6-17)10-15-11-16(4-7-18(15)22)21-19(27)8-9-20(12-23,26-21)13-25-21/h2-7,11,19,23,27H,8-10,12-13H2,1H3/t19-,20-,21-/m0/s1. The molecule has 2 aromatic rings. The van der Waals surface area contributed by atoms with Crippen molar-refractivity contribution >= 4 is 12.6 Å². The highest BCUT2D eigenvalue weighted by molar-refractivity contribution is 7.81. The lowest BCUT2D eigenvalue weighted by atomic mass is 9.89. The first-order chi connectivity index (χ1) is 13.0. The molecule has 2 saturated heterocycles. The minimum Gasteiger partial charge on any atom is -0.497 e. The van der Waals surface area contributed by atoms with Gasteiger partial charge in [0.25, 0.3) is 0 Å². The van der Waals surface area contributed by atoms with Gasteiger partial charge in [0, 0.05) is 12.0 Å². The largest absolute Gasteiger partial charge is 0.497 e. The smallest absolute Gasteiger partial charge is 0.207 e. The van der Waals surface area contributed by atoms with Crippen molar-refractivity contribution < 1.29 is 23.7 Å². The summed E-state index contributed by atoms with van der Waals surface area (Å²) in [7, 11) is 1.61. The molecular formula is C21H23FO4S. The molecule has 2 bridgehead atoms. The quantitative estimate of drug-likeness (QED) is 0.768. The zero-order valence-electron chi connectivity index (χ0n) is 15.2. The normalized spacial score (nSPS) is 29.7. The van der Waals surface area contributed by atoms with Crippen LogP contribution < -0.4 is 4.74 Å². The number of halogens is 1. The van der Waals surface area contributed by atoms with E-state index >= 15 is 0 Å². The molecular weight excluding hydrogens is 367 g/mol. The van der Waals surface area contributed by atoms with Crippen LogP contribution in [-0.2, 0) is 21.7 Å². The van der Waals surface area contributed by atoms with Gasteiger partial charge in [0.1, 0.15) is 17.2 Å². The minimum absolute atomic E-state index is 0.102. The summed E-state index contributed by atoms with van der Waals surface area (Å²) in [6, 6.07) is 12.5. The number of thiol groups is 1. The summed E-state index contributed by atoms with van der Waals surface area (Å²) in [5.74, 6) is -0.559. The molecule has 2 aliphatic rings. The maximum absolute atomic E-state index is 14.5. The second kappa shape index (κ2) is 7.09. The van der Waals surface area contributed by atoms with Gasteiger partial charge in [0.05, 0.1) is 25.6 Å². The van der Waals surface area contributed by atoms with Gasteiger partial charge >= 0.3 is 0 Å². The molecule has 0 radical (unpaired) electrons. The third kappa shape index (κ3) is 3.25. The molecule has 0 spiro atoms. The van der Waals surface area contributed by atoms with Crippen LogP contribution in [-0.4, -0.2) is 36.3 Å². The van der Waals surface area contributed by atoms with Gasteiger partial charge in [-0.05, 0) is 48.2 Å². The van der Waals surface area contributed by atoms with Gasteiger partial charge < -0.3 is 19.3 Å². The summed E-state index contributed by atoms with van der Waals surface area (Å²) in [5.41, 5.74) is 1.59. The van der Waals surface area contributed by atoms with Gasteiger partial charge in [-0.1, -0.05) is 18.2 Å². The van der Waals surface area contributed by atoms with Crippen LogP contribution in [0.25, 0.3) is 0 Å². The zero-order valence-corrected chi connectivity index (χ0v) is 16.0. The summed E-state index contributed by atoms with van der Waals surface area (Å²) < 4.78 is 31.9. The third-order valence-electron chi connectivity index (χ3n) is 5.52. The number of methoxy groups -OCH3 is 1. The predicted octanol–water partition coefficient (Wildman–Crippen LogP) is 3.45. The van der Waals surface area contributed by atoms with E-state index in [0.717, 1.165) is 23.3 Å². The summed E-state index contributed by atoms with van der Waals surface area (Å²) in [4.78, 5) is 0. The van der Waals surface area contributed by atoms with E-state index in [-0.39, 0.29) is 17.7 Å². The molecule has 2 heterocycles.